The van der Waals surface area contributed by atoms with Gasteiger partial charge in [0.15, 0.2) is 0 Å². The Bertz CT molecular complexity index is 595. The van der Waals surface area contributed by atoms with Crippen molar-refractivity contribution >= 4 is 17.2 Å². The first-order chi connectivity index (χ1) is 10.1. The van der Waals surface area contributed by atoms with Gasteiger partial charge >= 0.3 is 0 Å². The summed E-state index contributed by atoms with van der Waals surface area (Å²) in [6, 6.07) is 3.79. The number of aryl methyl sites for hydroxylation is 2. The number of pyridine rings is 1. The van der Waals surface area contributed by atoms with Crippen LogP contribution in [0.2, 0.25) is 0 Å². The number of unbranched alkanes of at least 4 members (excludes halogenated alkanes) is 1. The highest BCUT2D eigenvalue weighted by atomic mass is 32.1. The van der Waals surface area contributed by atoms with Gasteiger partial charge in [-0.05, 0) is 44.4 Å². The fraction of sp³-hybridized carbons (Fsp3) is 0.438. The highest BCUT2D eigenvalue weighted by molar-refractivity contribution is 7.13. The van der Waals surface area contributed by atoms with E-state index in [0.717, 1.165) is 40.4 Å². The van der Waals surface area contributed by atoms with Gasteiger partial charge in [-0.3, -0.25) is 9.78 Å². The van der Waals surface area contributed by atoms with Crippen molar-refractivity contribution in [3.8, 4) is 0 Å². The summed E-state index contributed by atoms with van der Waals surface area (Å²) < 4.78 is 0. The highest BCUT2D eigenvalue weighted by Gasteiger charge is 2.17. The molecule has 2 heterocycles. The quantitative estimate of drug-likeness (QED) is 0.885. The largest absolute Gasteiger partial charge is 0.345 e. The van der Waals surface area contributed by atoms with Gasteiger partial charge in [-0.25, -0.2) is 4.98 Å². The Morgan fingerprint density at radius 2 is 2.10 bits per heavy atom. The van der Waals surface area contributed by atoms with Gasteiger partial charge in [0.2, 0.25) is 0 Å². The van der Waals surface area contributed by atoms with Crippen molar-refractivity contribution < 1.29 is 4.79 Å². The minimum atomic E-state index is -0.0444. The van der Waals surface area contributed by atoms with Crippen LogP contribution in [0.1, 0.15) is 58.7 Å². The van der Waals surface area contributed by atoms with Crippen LogP contribution in [0.25, 0.3) is 0 Å². The predicted molar refractivity (Wildman–Crippen MR) is 85.6 cm³/mol. The van der Waals surface area contributed by atoms with E-state index < -0.39 is 0 Å². The minimum absolute atomic E-state index is 0.0407. The third kappa shape index (κ3) is 4.11. The van der Waals surface area contributed by atoms with Crippen molar-refractivity contribution in [1.82, 2.24) is 15.3 Å². The molecule has 2 aromatic rings. The molecule has 0 aliphatic heterocycles. The Balaban J connectivity index is 2.05. The molecule has 0 saturated carbocycles. The van der Waals surface area contributed by atoms with E-state index in [4.69, 9.17) is 0 Å². The van der Waals surface area contributed by atoms with E-state index in [-0.39, 0.29) is 11.9 Å². The predicted octanol–water partition coefficient (Wildman–Crippen LogP) is 3.68. The second-order valence-corrected chi connectivity index (χ2v) is 6.19. The molecule has 0 spiro atoms. The maximum Gasteiger partial charge on any atom is 0.263 e. The van der Waals surface area contributed by atoms with Gasteiger partial charge in [-0.1, -0.05) is 13.3 Å². The molecule has 0 unspecified atom stereocenters. The lowest BCUT2D eigenvalue weighted by Crippen LogP contribution is -2.26. The molecule has 112 valence electrons. The summed E-state index contributed by atoms with van der Waals surface area (Å²) in [5, 5.41) is 4.08. The van der Waals surface area contributed by atoms with Crippen molar-refractivity contribution in [3.63, 3.8) is 0 Å². The number of carbonyl (C=O) groups excluding carboxylic acids is 1. The molecular weight excluding hydrogens is 282 g/mol. The van der Waals surface area contributed by atoms with Gasteiger partial charge in [0.05, 0.1) is 16.7 Å². The molecule has 1 atom stereocenters. The van der Waals surface area contributed by atoms with Crippen LogP contribution in [0, 0.1) is 6.92 Å². The van der Waals surface area contributed by atoms with Gasteiger partial charge in [0, 0.05) is 12.4 Å². The number of hydrogen-bond acceptors (Lipinski definition) is 4. The summed E-state index contributed by atoms with van der Waals surface area (Å²) in [7, 11) is 0. The lowest BCUT2D eigenvalue weighted by atomic mass is 10.1. The Hall–Kier alpha value is -1.75. The molecular formula is C16H21N3OS. The molecule has 0 radical (unpaired) electrons. The summed E-state index contributed by atoms with van der Waals surface area (Å²) in [5.41, 5.74) is 1.87. The zero-order chi connectivity index (χ0) is 15.2. The van der Waals surface area contributed by atoms with Crippen molar-refractivity contribution in [2.24, 2.45) is 0 Å². The molecule has 5 heteroatoms. The fourth-order valence-electron chi connectivity index (χ4n) is 2.10. The molecule has 0 aromatic carbocycles. The van der Waals surface area contributed by atoms with Crippen LogP contribution in [0.4, 0.5) is 0 Å². The molecule has 1 amide bonds. The summed E-state index contributed by atoms with van der Waals surface area (Å²) in [6.45, 7) is 6.03. The third-order valence-corrected chi connectivity index (χ3v) is 4.56. The lowest BCUT2D eigenvalue weighted by molar-refractivity contribution is 0.0943. The van der Waals surface area contributed by atoms with Crippen molar-refractivity contribution in [1.29, 1.82) is 0 Å². The van der Waals surface area contributed by atoms with E-state index in [2.05, 4.69) is 22.2 Å². The molecule has 21 heavy (non-hydrogen) atoms. The molecule has 4 nitrogen and oxygen atoms in total. The smallest absolute Gasteiger partial charge is 0.263 e. The molecule has 2 aromatic heterocycles. The van der Waals surface area contributed by atoms with Crippen LogP contribution in [0.5, 0.6) is 0 Å². The summed E-state index contributed by atoms with van der Waals surface area (Å²) in [5.74, 6) is -0.0444. The Labute approximate surface area is 129 Å². The summed E-state index contributed by atoms with van der Waals surface area (Å²) >= 11 is 1.51. The third-order valence-electron chi connectivity index (χ3n) is 3.35. The van der Waals surface area contributed by atoms with Crippen LogP contribution in [-0.4, -0.2) is 15.9 Å². The van der Waals surface area contributed by atoms with E-state index in [1.807, 2.05) is 26.0 Å². The molecule has 0 fully saturated rings. The van der Waals surface area contributed by atoms with Crippen molar-refractivity contribution in [3.05, 3.63) is 45.7 Å². The first-order valence-electron chi connectivity index (χ1n) is 7.29. The highest BCUT2D eigenvalue weighted by Crippen LogP contribution is 2.21. The van der Waals surface area contributed by atoms with Crippen LogP contribution in [0.3, 0.4) is 0 Å². The Morgan fingerprint density at radius 1 is 1.38 bits per heavy atom. The average molecular weight is 303 g/mol. The molecule has 0 aliphatic rings. The van der Waals surface area contributed by atoms with Crippen molar-refractivity contribution in [2.75, 3.05) is 0 Å². The first-order valence-corrected chi connectivity index (χ1v) is 8.10. The van der Waals surface area contributed by atoms with Crippen LogP contribution >= 0.6 is 11.3 Å². The van der Waals surface area contributed by atoms with E-state index in [0.29, 0.717) is 0 Å². The average Bonchev–Trinajstić information content (AvgIpc) is 2.87. The standard InChI is InChI=1S/C16H21N3OS/c1-4-5-6-14-18-12(3)15(21-14)16(20)19-11(2)13-7-9-17-10-8-13/h7-11H,4-6H2,1-3H3,(H,19,20)/t11-/m1/s1. The number of aromatic nitrogens is 2. The molecule has 0 bridgehead atoms. The van der Waals surface area contributed by atoms with Gasteiger partial charge < -0.3 is 5.32 Å². The number of nitrogens with zero attached hydrogens (tertiary/aromatic N) is 2. The fourth-order valence-corrected chi connectivity index (χ4v) is 3.11. The minimum Gasteiger partial charge on any atom is -0.345 e. The second kappa shape index (κ2) is 7.31. The summed E-state index contributed by atoms with van der Waals surface area (Å²) in [6.07, 6.45) is 6.67. The van der Waals surface area contributed by atoms with Gasteiger partial charge in [0.1, 0.15) is 4.88 Å². The first kappa shape index (κ1) is 15.6. The maximum atomic E-state index is 12.4. The molecule has 1 N–H and O–H groups in total. The van der Waals surface area contributed by atoms with E-state index >= 15 is 0 Å². The maximum absolute atomic E-state index is 12.4. The molecule has 2 rings (SSSR count). The molecule has 0 saturated heterocycles. The zero-order valence-corrected chi connectivity index (χ0v) is 13.5. The molecule has 0 aliphatic carbocycles. The lowest BCUT2D eigenvalue weighted by Gasteiger charge is -2.13. The van der Waals surface area contributed by atoms with Crippen molar-refractivity contribution in [2.45, 2.75) is 46.1 Å². The van der Waals surface area contributed by atoms with E-state index in [1.165, 1.54) is 11.3 Å². The SMILES string of the molecule is CCCCc1nc(C)c(C(=O)N[C@H](C)c2ccncc2)s1. The number of nitrogens with one attached hydrogen (secondary N) is 1. The van der Waals surface area contributed by atoms with Crippen LogP contribution in [-0.2, 0) is 6.42 Å². The van der Waals surface area contributed by atoms with Crippen LogP contribution in [0.15, 0.2) is 24.5 Å². The normalized spacial score (nSPS) is 12.1. The number of rotatable bonds is 6. The number of thiazole rings is 1. The second-order valence-electron chi connectivity index (χ2n) is 5.10. The Morgan fingerprint density at radius 3 is 2.76 bits per heavy atom. The monoisotopic (exact) mass is 303 g/mol. The van der Waals surface area contributed by atoms with E-state index in [9.17, 15) is 4.79 Å². The number of hydrogen-bond donors (Lipinski definition) is 1. The summed E-state index contributed by atoms with van der Waals surface area (Å²) in [4.78, 5) is 21.6. The number of carbonyl (C=O) groups is 1. The van der Waals surface area contributed by atoms with E-state index in [1.54, 1.807) is 12.4 Å². The van der Waals surface area contributed by atoms with Gasteiger partial charge in [-0.2, -0.15) is 0 Å². The topological polar surface area (TPSA) is 54.9 Å². The number of amides is 1. The zero-order valence-electron chi connectivity index (χ0n) is 12.7. The van der Waals surface area contributed by atoms with Gasteiger partial charge in [0.25, 0.3) is 5.91 Å². The van der Waals surface area contributed by atoms with Crippen LogP contribution < -0.4 is 5.32 Å². The Kier molecular flexibility index (Phi) is 5.44. The van der Waals surface area contributed by atoms with Gasteiger partial charge in [-0.15, -0.1) is 11.3 Å².